The van der Waals surface area contributed by atoms with Gasteiger partial charge in [0.25, 0.3) is 23.6 Å². The summed E-state index contributed by atoms with van der Waals surface area (Å²) in [6, 6.07) is 19.8. The summed E-state index contributed by atoms with van der Waals surface area (Å²) in [7, 11) is 0. The number of benzene rings is 3. The molecule has 0 saturated carbocycles. The highest BCUT2D eigenvalue weighted by atomic mass is 35.5. The van der Waals surface area contributed by atoms with Crippen LogP contribution in [0.15, 0.2) is 89.1 Å². The molecule has 3 aliphatic heterocycles. The number of carbonyl (C=O) groups is 6. The molecule has 3 aromatic rings. The van der Waals surface area contributed by atoms with Crippen LogP contribution >= 0.6 is 11.6 Å². The zero-order valence-electron chi connectivity index (χ0n) is 29.0. The number of imide groups is 2. The lowest BCUT2D eigenvalue weighted by atomic mass is 9.75. The monoisotopic (exact) mass is 741 g/mol. The number of ether oxygens (including phenoxy) is 4. The maximum Gasteiger partial charge on any atom is 0.336 e. The predicted molar refractivity (Wildman–Crippen MR) is 191 cm³/mol. The minimum atomic E-state index is -1.18. The molecule has 6 rings (SSSR count). The molecular weight excluding hydrogens is 706 g/mol. The van der Waals surface area contributed by atoms with E-state index >= 15 is 0 Å². The fourth-order valence-electron chi connectivity index (χ4n) is 6.64. The summed E-state index contributed by atoms with van der Waals surface area (Å²) in [5, 5.41) is 0.271. The predicted octanol–water partition coefficient (Wildman–Crippen LogP) is 4.50. The van der Waals surface area contributed by atoms with E-state index in [0.29, 0.717) is 27.8 Å². The van der Waals surface area contributed by atoms with Crippen molar-refractivity contribution >= 4 is 52.9 Å². The molecule has 3 aromatic carbocycles. The summed E-state index contributed by atoms with van der Waals surface area (Å²) < 4.78 is 22.9. The van der Waals surface area contributed by atoms with E-state index in [1.165, 1.54) is 0 Å². The molecular formula is C39H36ClN3O10. The van der Waals surface area contributed by atoms with E-state index in [9.17, 15) is 28.8 Å². The molecule has 3 heterocycles. The van der Waals surface area contributed by atoms with Crippen molar-refractivity contribution in [2.24, 2.45) is 10.9 Å². The molecule has 0 radical (unpaired) electrons. The summed E-state index contributed by atoms with van der Waals surface area (Å²) in [4.78, 5) is 86.0. The van der Waals surface area contributed by atoms with Crippen molar-refractivity contribution in [2.75, 3.05) is 52.7 Å². The number of carbonyl (C=O) groups excluding carboxylic acids is 6. The Labute approximate surface area is 310 Å². The van der Waals surface area contributed by atoms with Crippen molar-refractivity contribution in [1.82, 2.24) is 9.80 Å². The number of halogens is 1. The molecule has 2 atom stereocenters. The fraction of sp³-hybridized carbons (Fsp3) is 0.308. The molecule has 14 heteroatoms. The van der Waals surface area contributed by atoms with Crippen molar-refractivity contribution in [2.45, 2.75) is 19.8 Å². The Morgan fingerprint density at radius 3 is 1.64 bits per heavy atom. The highest BCUT2D eigenvalue weighted by Crippen LogP contribution is 2.43. The lowest BCUT2D eigenvalue weighted by Gasteiger charge is -2.33. The SMILES string of the molecule is CCOC(=O)C1=C(COCCN2C(=O)c3ccccc3C2=O)N=C(COCCN2C(=O)c3ccccc3C2=O)C(C(=O)OCC)C1c1ccccc1Cl. The number of rotatable bonds is 15. The summed E-state index contributed by atoms with van der Waals surface area (Å²) in [5.41, 5.74) is 1.99. The van der Waals surface area contributed by atoms with E-state index < -0.39 is 47.4 Å². The lowest BCUT2D eigenvalue weighted by Crippen LogP contribution is -2.41. The standard InChI is InChI=1S/C39H36ClN3O10/c1-3-52-38(48)32-29(21-50-19-17-42-34(44)23-11-5-6-12-24(23)35(42)45)41-30(33(39(49)53-4-2)31(32)27-15-9-10-16-28(27)40)22-51-20-18-43-36(46)25-13-7-8-14-26(25)37(43)47/h5-16,31-32H,3-4,17-22H2,1-2H3. The second-order valence-electron chi connectivity index (χ2n) is 12.1. The normalized spacial score (nSPS) is 18.0. The van der Waals surface area contributed by atoms with Crippen molar-refractivity contribution in [3.05, 3.63) is 117 Å². The largest absolute Gasteiger partial charge is 0.465 e. The van der Waals surface area contributed by atoms with E-state index in [1.54, 1.807) is 86.6 Å². The first-order valence-electron chi connectivity index (χ1n) is 17.1. The van der Waals surface area contributed by atoms with Crippen LogP contribution in [0.5, 0.6) is 0 Å². The number of fused-ring (bicyclic) bond motifs is 2. The van der Waals surface area contributed by atoms with Gasteiger partial charge in [0, 0.05) is 10.9 Å². The van der Waals surface area contributed by atoms with Crippen molar-refractivity contribution in [3.63, 3.8) is 0 Å². The summed E-state index contributed by atoms with van der Waals surface area (Å²) in [6.07, 6.45) is 0. The van der Waals surface area contributed by atoms with Crippen molar-refractivity contribution < 1.29 is 47.7 Å². The quantitative estimate of drug-likeness (QED) is 0.123. The van der Waals surface area contributed by atoms with E-state index in [0.717, 1.165) is 9.80 Å². The zero-order chi connectivity index (χ0) is 37.6. The average Bonchev–Trinajstić information content (AvgIpc) is 3.55. The van der Waals surface area contributed by atoms with Gasteiger partial charge in [0.1, 0.15) is 5.92 Å². The first-order valence-corrected chi connectivity index (χ1v) is 17.5. The molecule has 0 bridgehead atoms. The Morgan fingerprint density at radius 1 is 0.679 bits per heavy atom. The Morgan fingerprint density at radius 2 is 1.15 bits per heavy atom. The van der Waals surface area contributed by atoms with Crippen LogP contribution in [0.1, 0.15) is 66.8 Å². The highest BCUT2D eigenvalue weighted by Gasteiger charge is 2.45. The molecule has 53 heavy (non-hydrogen) atoms. The Bertz CT molecular complexity index is 1970. The number of hydrogen-bond acceptors (Lipinski definition) is 11. The van der Waals surface area contributed by atoms with E-state index in [4.69, 9.17) is 35.5 Å². The van der Waals surface area contributed by atoms with Crippen LogP contribution in [-0.4, -0.2) is 104 Å². The van der Waals surface area contributed by atoms with Gasteiger partial charge in [-0.2, -0.15) is 0 Å². The first-order chi connectivity index (χ1) is 25.7. The molecule has 2 unspecified atom stereocenters. The van der Waals surface area contributed by atoms with Gasteiger partial charge in [-0.1, -0.05) is 54.1 Å². The Hall–Kier alpha value is -5.50. The Kier molecular flexibility index (Phi) is 11.6. The van der Waals surface area contributed by atoms with Gasteiger partial charge in [-0.25, -0.2) is 4.79 Å². The van der Waals surface area contributed by atoms with Crippen LogP contribution in [0.4, 0.5) is 0 Å². The van der Waals surface area contributed by atoms with Crippen LogP contribution in [0, 0.1) is 5.92 Å². The summed E-state index contributed by atoms with van der Waals surface area (Å²) in [6.45, 7) is 2.52. The van der Waals surface area contributed by atoms with Gasteiger partial charge in [0.05, 0.1) is 92.0 Å². The van der Waals surface area contributed by atoms with Gasteiger partial charge in [-0.05, 0) is 49.7 Å². The molecule has 0 spiro atoms. The van der Waals surface area contributed by atoms with Crippen LogP contribution < -0.4 is 0 Å². The second-order valence-corrected chi connectivity index (χ2v) is 12.5. The topological polar surface area (TPSA) is 158 Å². The van der Waals surface area contributed by atoms with Crippen molar-refractivity contribution in [1.29, 1.82) is 0 Å². The van der Waals surface area contributed by atoms with E-state index in [-0.39, 0.29) is 74.7 Å². The minimum absolute atomic E-state index is 0.0209. The molecule has 274 valence electrons. The smallest absolute Gasteiger partial charge is 0.336 e. The number of nitrogens with zero attached hydrogens (tertiary/aromatic N) is 3. The van der Waals surface area contributed by atoms with Gasteiger partial charge < -0.3 is 18.9 Å². The molecule has 0 fully saturated rings. The average molecular weight is 742 g/mol. The van der Waals surface area contributed by atoms with Gasteiger partial charge in [-0.15, -0.1) is 0 Å². The molecule has 3 aliphatic rings. The fourth-order valence-corrected chi connectivity index (χ4v) is 6.89. The summed E-state index contributed by atoms with van der Waals surface area (Å²) >= 11 is 6.71. The molecule has 4 amide bonds. The van der Waals surface area contributed by atoms with Crippen molar-refractivity contribution in [3.8, 4) is 0 Å². The van der Waals surface area contributed by atoms with Crippen LogP contribution in [-0.2, 0) is 28.5 Å². The highest BCUT2D eigenvalue weighted by molar-refractivity contribution is 6.31. The minimum Gasteiger partial charge on any atom is -0.465 e. The van der Waals surface area contributed by atoms with Crippen LogP contribution in [0.25, 0.3) is 0 Å². The van der Waals surface area contributed by atoms with Crippen LogP contribution in [0.3, 0.4) is 0 Å². The molecule has 13 nitrogen and oxygen atoms in total. The second kappa shape index (κ2) is 16.4. The zero-order valence-corrected chi connectivity index (χ0v) is 29.8. The molecule has 0 saturated heterocycles. The molecule has 0 N–H and O–H groups in total. The van der Waals surface area contributed by atoms with Gasteiger partial charge >= 0.3 is 11.9 Å². The maximum absolute atomic E-state index is 13.8. The summed E-state index contributed by atoms with van der Waals surface area (Å²) in [5.74, 6) is -5.40. The third-order valence-electron chi connectivity index (χ3n) is 9.03. The maximum atomic E-state index is 13.8. The number of aliphatic imine (C=N–C) groups is 1. The third kappa shape index (κ3) is 7.41. The lowest BCUT2D eigenvalue weighted by molar-refractivity contribution is -0.146. The van der Waals surface area contributed by atoms with Crippen LogP contribution in [0.2, 0.25) is 5.02 Å². The number of amides is 4. The molecule has 0 aliphatic carbocycles. The van der Waals surface area contributed by atoms with Gasteiger partial charge in [0.2, 0.25) is 0 Å². The van der Waals surface area contributed by atoms with Gasteiger partial charge in [-0.3, -0.25) is 38.8 Å². The first kappa shape index (κ1) is 37.3. The van der Waals surface area contributed by atoms with E-state index in [1.807, 2.05) is 0 Å². The van der Waals surface area contributed by atoms with E-state index in [2.05, 4.69) is 0 Å². The molecule has 0 aromatic heterocycles. The third-order valence-corrected chi connectivity index (χ3v) is 9.38. The number of hydrogen-bond donors (Lipinski definition) is 0. The van der Waals surface area contributed by atoms with Gasteiger partial charge in [0.15, 0.2) is 0 Å². The number of esters is 2. The Balaban J connectivity index is 1.28.